The molecule has 0 amide bonds. The number of hydrogen-bond donors (Lipinski definition) is 0. The van der Waals surface area contributed by atoms with Gasteiger partial charge in [-0.2, -0.15) is 0 Å². The second kappa shape index (κ2) is 4.98. The SMILES string of the molecule is COc1cn(C[C@@H](C)N(C)C)c2ccc(F)cc12. The zero-order chi connectivity index (χ0) is 13.3. The van der Waals surface area contributed by atoms with Crippen LogP contribution in [0.4, 0.5) is 4.39 Å². The van der Waals surface area contributed by atoms with Crippen LogP contribution in [0.2, 0.25) is 0 Å². The summed E-state index contributed by atoms with van der Waals surface area (Å²) in [5.41, 5.74) is 1.00. The third kappa shape index (κ3) is 2.34. The number of methoxy groups -OCH3 is 1. The first kappa shape index (κ1) is 12.9. The van der Waals surface area contributed by atoms with Gasteiger partial charge in [-0.05, 0) is 39.2 Å². The Balaban J connectivity index is 2.45. The standard InChI is InChI=1S/C14H19FN2O/c1-10(16(2)3)8-17-9-14(18-4)12-7-11(15)5-6-13(12)17/h5-7,9-10H,8H2,1-4H3/t10-/m1/s1. The van der Waals surface area contributed by atoms with Crippen molar-refractivity contribution in [1.82, 2.24) is 9.47 Å². The van der Waals surface area contributed by atoms with Crippen molar-refractivity contribution in [2.75, 3.05) is 21.2 Å². The Morgan fingerprint density at radius 3 is 2.72 bits per heavy atom. The third-order valence-corrected chi connectivity index (χ3v) is 3.37. The van der Waals surface area contributed by atoms with Gasteiger partial charge in [0.2, 0.25) is 0 Å². The van der Waals surface area contributed by atoms with Crippen LogP contribution in [0.1, 0.15) is 6.92 Å². The fourth-order valence-electron chi connectivity index (χ4n) is 2.00. The van der Waals surface area contributed by atoms with Gasteiger partial charge in [0.05, 0.1) is 12.6 Å². The lowest BCUT2D eigenvalue weighted by molar-refractivity contribution is 0.285. The maximum Gasteiger partial charge on any atom is 0.144 e. The highest BCUT2D eigenvalue weighted by Crippen LogP contribution is 2.28. The summed E-state index contributed by atoms with van der Waals surface area (Å²) in [7, 11) is 5.71. The summed E-state index contributed by atoms with van der Waals surface area (Å²) in [5, 5.41) is 0.823. The van der Waals surface area contributed by atoms with E-state index in [4.69, 9.17) is 4.74 Å². The number of fused-ring (bicyclic) bond motifs is 1. The van der Waals surface area contributed by atoms with Gasteiger partial charge in [-0.25, -0.2) is 4.39 Å². The Morgan fingerprint density at radius 2 is 2.11 bits per heavy atom. The lowest BCUT2D eigenvalue weighted by Gasteiger charge is -2.20. The first-order valence-electron chi connectivity index (χ1n) is 6.01. The fraction of sp³-hybridized carbons (Fsp3) is 0.429. The molecule has 2 rings (SSSR count). The van der Waals surface area contributed by atoms with Crippen molar-refractivity contribution in [1.29, 1.82) is 0 Å². The molecule has 0 aliphatic carbocycles. The number of nitrogens with zero attached hydrogens (tertiary/aromatic N) is 2. The molecule has 0 saturated heterocycles. The number of likely N-dealkylation sites (N-methyl/N-ethyl adjacent to an activating group) is 1. The largest absolute Gasteiger partial charge is 0.495 e. The van der Waals surface area contributed by atoms with Crippen molar-refractivity contribution in [3.63, 3.8) is 0 Å². The molecule has 2 aromatic rings. The topological polar surface area (TPSA) is 17.4 Å². The molecule has 18 heavy (non-hydrogen) atoms. The maximum atomic E-state index is 13.3. The van der Waals surface area contributed by atoms with Crippen molar-refractivity contribution >= 4 is 10.9 Å². The summed E-state index contributed by atoms with van der Waals surface area (Å²) < 4.78 is 20.7. The average molecular weight is 250 g/mol. The molecule has 0 unspecified atom stereocenters. The van der Waals surface area contributed by atoms with Gasteiger partial charge in [-0.1, -0.05) is 0 Å². The van der Waals surface area contributed by atoms with E-state index in [1.807, 2.05) is 20.3 Å². The quantitative estimate of drug-likeness (QED) is 0.830. The Kier molecular flexibility index (Phi) is 3.57. The molecular formula is C14H19FN2O. The van der Waals surface area contributed by atoms with Gasteiger partial charge in [0, 0.05) is 24.2 Å². The molecule has 0 saturated carbocycles. The zero-order valence-electron chi connectivity index (χ0n) is 11.3. The Morgan fingerprint density at radius 1 is 1.39 bits per heavy atom. The van der Waals surface area contributed by atoms with E-state index in [0.29, 0.717) is 6.04 Å². The van der Waals surface area contributed by atoms with Gasteiger partial charge in [-0.15, -0.1) is 0 Å². The first-order chi connectivity index (χ1) is 8.52. The molecule has 0 aliphatic heterocycles. The molecule has 0 spiro atoms. The van der Waals surface area contributed by atoms with Crippen LogP contribution < -0.4 is 4.74 Å². The maximum absolute atomic E-state index is 13.3. The summed E-state index contributed by atoms with van der Waals surface area (Å²) >= 11 is 0. The van der Waals surface area contributed by atoms with Crippen molar-refractivity contribution < 1.29 is 9.13 Å². The van der Waals surface area contributed by atoms with E-state index < -0.39 is 0 Å². The highest BCUT2D eigenvalue weighted by molar-refractivity contribution is 5.86. The van der Waals surface area contributed by atoms with Crippen molar-refractivity contribution in [3.05, 3.63) is 30.2 Å². The summed E-state index contributed by atoms with van der Waals surface area (Å²) in [6.07, 6.45) is 1.93. The van der Waals surface area contributed by atoms with E-state index in [1.165, 1.54) is 12.1 Å². The molecule has 0 N–H and O–H groups in total. The molecule has 1 aromatic carbocycles. The molecule has 0 aliphatic rings. The monoisotopic (exact) mass is 250 g/mol. The molecule has 3 nitrogen and oxygen atoms in total. The van der Waals surface area contributed by atoms with E-state index >= 15 is 0 Å². The van der Waals surface area contributed by atoms with E-state index in [1.54, 1.807) is 13.2 Å². The summed E-state index contributed by atoms with van der Waals surface area (Å²) in [4.78, 5) is 2.15. The molecule has 1 atom stereocenters. The van der Waals surface area contributed by atoms with Crippen LogP contribution in [-0.2, 0) is 6.54 Å². The molecule has 1 aromatic heterocycles. The fourth-order valence-corrected chi connectivity index (χ4v) is 2.00. The van der Waals surface area contributed by atoms with Gasteiger partial charge in [-0.3, -0.25) is 0 Å². The van der Waals surface area contributed by atoms with Gasteiger partial charge in [0.1, 0.15) is 11.6 Å². The zero-order valence-corrected chi connectivity index (χ0v) is 11.3. The average Bonchev–Trinajstić information content (AvgIpc) is 2.66. The van der Waals surface area contributed by atoms with E-state index in [9.17, 15) is 4.39 Å². The van der Waals surface area contributed by atoms with Gasteiger partial charge in [0.15, 0.2) is 0 Å². The van der Waals surface area contributed by atoms with Crippen LogP contribution in [0.25, 0.3) is 10.9 Å². The smallest absolute Gasteiger partial charge is 0.144 e. The molecule has 98 valence electrons. The third-order valence-electron chi connectivity index (χ3n) is 3.37. The van der Waals surface area contributed by atoms with Crippen LogP contribution in [0.5, 0.6) is 5.75 Å². The first-order valence-corrected chi connectivity index (χ1v) is 6.01. The van der Waals surface area contributed by atoms with Gasteiger partial charge in [0.25, 0.3) is 0 Å². The molecular weight excluding hydrogens is 231 g/mol. The van der Waals surface area contributed by atoms with Crippen LogP contribution in [0.3, 0.4) is 0 Å². The minimum atomic E-state index is -0.237. The Hall–Kier alpha value is -1.55. The van der Waals surface area contributed by atoms with E-state index in [2.05, 4.69) is 16.4 Å². The number of rotatable bonds is 4. The predicted molar refractivity (Wildman–Crippen MR) is 71.6 cm³/mol. The highest BCUT2D eigenvalue weighted by Gasteiger charge is 2.12. The number of hydrogen-bond acceptors (Lipinski definition) is 2. The molecule has 0 fully saturated rings. The molecule has 0 bridgehead atoms. The van der Waals surface area contributed by atoms with E-state index in [-0.39, 0.29) is 5.82 Å². The van der Waals surface area contributed by atoms with Crippen LogP contribution >= 0.6 is 0 Å². The predicted octanol–water partition coefficient (Wildman–Crippen LogP) is 2.74. The van der Waals surface area contributed by atoms with E-state index in [0.717, 1.165) is 23.2 Å². The van der Waals surface area contributed by atoms with Gasteiger partial charge >= 0.3 is 0 Å². The number of benzene rings is 1. The summed E-state index contributed by atoms with van der Waals surface area (Å²) in [6.45, 7) is 3.00. The van der Waals surface area contributed by atoms with Crippen LogP contribution in [0.15, 0.2) is 24.4 Å². The lowest BCUT2D eigenvalue weighted by Crippen LogP contribution is -2.28. The van der Waals surface area contributed by atoms with Crippen molar-refractivity contribution in [2.24, 2.45) is 0 Å². The van der Waals surface area contributed by atoms with Crippen molar-refractivity contribution in [2.45, 2.75) is 19.5 Å². The normalized spacial score (nSPS) is 13.2. The lowest BCUT2D eigenvalue weighted by atomic mass is 10.2. The van der Waals surface area contributed by atoms with Crippen LogP contribution in [0, 0.1) is 5.82 Å². The minimum Gasteiger partial charge on any atom is -0.495 e. The van der Waals surface area contributed by atoms with Crippen molar-refractivity contribution in [3.8, 4) is 5.75 Å². The molecule has 4 heteroatoms. The van der Waals surface area contributed by atoms with Gasteiger partial charge < -0.3 is 14.2 Å². The molecule has 0 radical (unpaired) electrons. The number of aromatic nitrogens is 1. The molecule has 1 heterocycles. The second-order valence-corrected chi connectivity index (χ2v) is 4.82. The Labute approximate surface area is 107 Å². The highest BCUT2D eigenvalue weighted by atomic mass is 19.1. The minimum absolute atomic E-state index is 0.237. The number of halogens is 1. The van der Waals surface area contributed by atoms with Crippen LogP contribution in [-0.4, -0.2) is 36.7 Å². The Bertz CT molecular complexity index is 548. The summed E-state index contributed by atoms with van der Waals surface area (Å²) in [5.74, 6) is 0.481. The number of ether oxygens (including phenoxy) is 1. The summed E-state index contributed by atoms with van der Waals surface area (Å²) in [6, 6.07) is 5.20. The second-order valence-electron chi connectivity index (χ2n) is 4.82.